The van der Waals surface area contributed by atoms with E-state index >= 15 is 0 Å². The molecule has 0 aliphatic carbocycles. The van der Waals surface area contributed by atoms with Gasteiger partial charge >= 0.3 is 0 Å². The maximum absolute atomic E-state index is 8.59. The van der Waals surface area contributed by atoms with E-state index in [1.165, 1.54) is 6.08 Å². The molecule has 5 heteroatoms. The highest BCUT2D eigenvalue weighted by molar-refractivity contribution is 6.66. The molecule has 0 aromatic heterocycles. The van der Waals surface area contributed by atoms with Crippen LogP contribution < -0.4 is 5.73 Å². The Bertz CT molecular complexity index is 276. The van der Waals surface area contributed by atoms with Crippen LogP contribution in [0, 0.1) is 11.3 Å². The van der Waals surface area contributed by atoms with Gasteiger partial charge in [-0.05, 0) is 6.08 Å². The van der Waals surface area contributed by atoms with E-state index in [-0.39, 0.29) is 16.7 Å². The van der Waals surface area contributed by atoms with Crippen molar-refractivity contribution in [1.29, 1.82) is 5.26 Å². The minimum absolute atomic E-state index is 0.172. The van der Waals surface area contributed by atoms with E-state index in [0.29, 0.717) is 0 Å². The van der Waals surface area contributed by atoms with Gasteiger partial charge in [0.15, 0.2) is 0 Å². The fraction of sp³-hybridized carbons (Fsp3) is 0.333. The van der Waals surface area contributed by atoms with Gasteiger partial charge in [-0.25, -0.2) is 4.99 Å². The molecule has 11 heavy (non-hydrogen) atoms. The Morgan fingerprint density at radius 3 is 2.82 bits per heavy atom. The average molecular weight is 190 g/mol. The van der Waals surface area contributed by atoms with E-state index in [2.05, 4.69) is 4.99 Å². The highest BCUT2D eigenvalue weighted by Crippen LogP contribution is 2.22. The maximum atomic E-state index is 8.59. The Morgan fingerprint density at radius 2 is 2.36 bits per heavy atom. The van der Waals surface area contributed by atoms with Crippen molar-refractivity contribution >= 4 is 28.4 Å². The zero-order chi connectivity index (χ0) is 8.48. The second-order valence-electron chi connectivity index (χ2n) is 2.28. The van der Waals surface area contributed by atoms with Crippen LogP contribution in [0.3, 0.4) is 0 Å². The topological polar surface area (TPSA) is 62.2 Å². The average Bonchev–Trinajstić information content (AvgIpc) is 1.84. The van der Waals surface area contributed by atoms with Gasteiger partial charge in [0.05, 0.1) is 6.07 Å². The SMILES string of the molecule is N#CC1(N)C=C(Cl)N=C(Cl)C1. The summed E-state index contributed by atoms with van der Waals surface area (Å²) in [5, 5.41) is 9.03. The van der Waals surface area contributed by atoms with Crippen molar-refractivity contribution in [3.05, 3.63) is 11.2 Å². The van der Waals surface area contributed by atoms with Crippen molar-refractivity contribution in [2.75, 3.05) is 0 Å². The summed E-state index contributed by atoms with van der Waals surface area (Å²) in [4.78, 5) is 3.70. The van der Waals surface area contributed by atoms with Crippen LogP contribution >= 0.6 is 23.2 Å². The molecule has 1 heterocycles. The number of nitrogens with zero attached hydrogens (tertiary/aromatic N) is 2. The molecule has 0 saturated carbocycles. The fourth-order valence-corrected chi connectivity index (χ4v) is 1.42. The standard InChI is InChI=1S/C6H5Cl2N3/c7-4-1-6(10,3-9)2-5(8)11-4/h1H,2,10H2. The number of hydrogen-bond acceptors (Lipinski definition) is 3. The Balaban J connectivity index is 2.98. The minimum Gasteiger partial charge on any atom is -0.310 e. The molecule has 1 aliphatic rings. The summed E-state index contributed by atoms with van der Waals surface area (Å²) in [6, 6.07) is 1.89. The first kappa shape index (κ1) is 8.54. The van der Waals surface area contributed by atoms with E-state index < -0.39 is 5.54 Å². The number of aliphatic imine (C=N–C) groups is 1. The van der Waals surface area contributed by atoms with Crippen LogP contribution in [0.1, 0.15) is 6.42 Å². The van der Waals surface area contributed by atoms with Gasteiger partial charge in [0, 0.05) is 6.42 Å². The molecule has 1 atom stereocenters. The van der Waals surface area contributed by atoms with Gasteiger partial charge < -0.3 is 5.73 Å². The van der Waals surface area contributed by atoms with Gasteiger partial charge in [-0.2, -0.15) is 5.26 Å². The molecule has 0 spiro atoms. The largest absolute Gasteiger partial charge is 0.310 e. The molecule has 0 aromatic carbocycles. The van der Waals surface area contributed by atoms with Crippen LogP contribution in [-0.4, -0.2) is 10.7 Å². The van der Waals surface area contributed by atoms with Crippen LogP contribution in [0.25, 0.3) is 0 Å². The van der Waals surface area contributed by atoms with Gasteiger partial charge in [0.25, 0.3) is 0 Å². The first-order valence-electron chi connectivity index (χ1n) is 2.87. The summed E-state index contributed by atoms with van der Waals surface area (Å²) >= 11 is 11.1. The highest BCUT2D eigenvalue weighted by atomic mass is 35.5. The number of hydrogen-bond donors (Lipinski definition) is 1. The number of halogens is 2. The first-order valence-corrected chi connectivity index (χ1v) is 3.63. The molecule has 1 rings (SSSR count). The van der Waals surface area contributed by atoms with Gasteiger partial charge in [0.1, 0.15) is 15.9 Å². The molecule has 2 N–H and O–H groups in total. The monoisotopic (exact) mass is 189 g/mol. The Labute approximate surface area is 74.1 Å². The van der Waals surface area contributed by atoms with E-state index in [0.717, 1.165) is 0 Å². The zero-order valence-corrected chi connectivity index (χ0v) is 7.02. The molecule has 0 saturated heterocycles. The summed E-state index contributed by atoms with van der Waals surface area (Å²) in [6.07, 6.45) is 1.61. The number of nitriles is 1. The van der Waals surface area contributed by atoms with Crippen LogP contribution in [0.5, 0.6) is 0 Å². The van der Waals surface area contributed by atoms with Gasteiger partial charge in [-0.3, -0.25) is 0 Å². The summed E-state index contributed by atoms with van der Waals surface area (Å²) in [5.74, 6) is 0. The second kappa shape index (κ2) is 2.82. The van der Waals surface area contributed by atoms with Gasteiger partial charge in [0.2, 0.25) is 0 Å². The lowest BCUT2D eigenvalue weighted by Crippen LogP contribution is -2.39. The fourth-order valence-electron chi connectivity index (χ4n) is 0.764. The van der Waals surface area contributed by atoms with E-state index in [1.54, 1.807) is 0 Å². The van der Waals surface area contributed by atoms with E-state index in [9.17, 15) is 0 Å². The lowest BCUT2D eigenvalue weighted by molar-refractivity contribution is 0.693. The Kier molecular flexibility index (Phi) is 2.19. The molecule has 0 radical (unpaired) electrons. The molecule has 1 aliphatic heterocycles. The molecular formula is C6H5Cl2N3. The van der Waals surface area contributed by atoms with Crippen molar-refractivity contribution in [1.82, 2.24) is 0 Å². The molecule has 1 unspecified atom stereocenters. The summed E-state index contributed by atoms with van der Waals surface area (Å²) in [5.41, 5.74) is 4.46. The van der Waals surface area contributed by atoms with E-state index in [1.807, 2.05) is 6.07 Å². The second-order valence-corrected chi connectivity index (χ2v) is 3.11. The van der Waals surface area contributed by atoms with Crippen molar-refractivity contribution in [3.8, 4) is 6.07 Å². The molecule has 0 fully saturated rings. The predicted molar refractivity (Wildman–Crippen MR) is 44.4 cm³/mol. The Morgan fingerprint density at radius 1 is 1.73 bits per heavy atom. The van der Waals surface area contributed by atoms with Gasteiger partial charge in [-0.1, -0.05) is 23.2 Å². The molecule has 0 aromatic rings. The predicted octanol–water partition coefficient (Wildman–Crippen LogP) is 1.33. The van der Waals surface area contributed by atoms with Crippen molar-refractivity contribution in [2.45, 2.75) is 12.0 Å². The lowest BCUT2D eigenvalue weighted by Gasteiger charge is -2.19. The van der Waals surface area contributed by atoms with Crippen molar-refractivity contribution < 1.29 is 0 Å². The van der Waals surface area contributed by atoms with E-state index in [4.69, 9.17) is 34.2 Å². The lowest BCUT2D eigenvalue weighted by atomic mass is 9.98. The van der Waals surface area contributed by atoms with Crippen LogP contribution in [0.4, 0.5) is 0 Å². The van der Waals surface area contributed by atoms with Crippen LogP contribution in [0.15, 0.2) is 16.2 Å². The van der Waals surface area contributed by atoms with Crippen molar-refractivity contribution in [3.63, 3.8) is 0 Å². The summed E-state index contributed by atoms with van der Waals surface area (Å²) in [6.45, 7) is 0. The minimum atomic E-state index is -1.09. The van der Waals surface area contributed by atoms with Crippen LogP contribution in [-0.2, 0) is 0 Å². The normalized spacial score (nSPS) is 30.4. The van der Waals surface area contributed by atoms with Gasteiger partial charge in [-0.15, -0.1) is 0 Å². The third-order valence-corrected chi connectivity index (χ3v) is 1.66. The Hall–Kier alpha value is -0.560. The highest BCUT2D eigenvalue weighted by Gasteiger charge is 2.27. The maximum Gasteiger partial charge on any atom is 0.132 e. The quantitative estimate of drug-likeness (QED) is 0.585. The van der Waals surface area contributed by atoms with Crippen molar-refractivity contribution in [2.24, 2.45) is 10.7 Å². The smallest absolute Gasteiger partial charge is 0.132 e. The number of nitrogens with two attached hydrogens (primary N) is 1. The molecule has 58 valence electrons. The zero-order valence-electron chi connectivity index (χ0n) is 5.51. The number of rotatable bonds is 0. The molecule has 0 amide bonds. The third-order valence-electron chi connectivity index (χ3n) is 1.25. The third kappa shape index (κ3) is 1.93. The molecule has 0 bridgehead atoms. The summed E-state index contributed by atoms with van der Waals surface area (Å²) < 4.78 is 0. The van der Waals surface area contributed by atoms with Crippen LogP contribution in [0.2, 0.25) is 0 Å². The summed E-state index contributed by atoms with van der Waals surface area (Å²) in [7, 11) is 0. The first-order chi connectivity index (χ1) is 5.06. The molecular weight excluding hydrogens is 185 g/mol. The molecule has 3 nitrogen and oxygen atoms in total.